The van der Waals surface area contributed by atoms with Gasteiger partial charge in [0.2, 0.25) is 0 Å². The molecule has 22 heavy (non-hydrogen) atoms. The number of hydrogen-bond acceptors (Lipinski definition) is 3. The van der Waals surface area contributed by atoms with Crippen LogP contribution in [0.25, 0.3) is 0 Å². The summed E-state index contributed by atoms with van der Waals surface area (Å²) in [4.78, 5) is 26.5. The van der Waals surface area contributed by atoms with Crippen molar-refractivity contribution in [2.75, 3.05) is 11.4 Å². The number of halogens is 1. The fourth-order valence-corrected chi connectivity index (χ4v) is 2.85. The number of hydrogen-bond donors (Lipinski definition) is 0. The van der Waals surface area contributed by atoms with Crippen LogP contribution in [0.2, 0.25) is 0 Å². The monoisotopic (exact) mass is 301 g/mol. The number of benzene rings is 1. The molecule has 114 valence electrons. The number of rotatable bonds is 1. The van der Waals surface area contributed by atoms with Gasteiger partial charge in [0, 0.05) is 13.6 Å². The molecule has 0 radical (unpaired) electrons. The highest BCUT2D eigenvalue weighted by molar-refractivity contribution is 6.08. The molecule has 0 unspecified atom stereocenters. The molecule has 3 rings (SSSR count). The Morgan fingerprint density at radius 2 is 2.05 bits per heavy atom. The molecule has 1 aromatic heterocycles. The predicted molar refractivity (Wildman–Crippen MR) is 80.7 cm³/mol. The Morgan fingerprint density at radius 1 is 1.32 bits per heavy atom. The third kappa shape index (κ3) is 2.03. The second kappa shape index (κ2) is 5.05. The lowest BCUT2D eigenvalue weighted by Gasteiger charge is -2.19. The maximum absolute atomic E-state index is 14.1. The van der Waals surface area contributed by atoms with Gasteiger partial charge in [-0.15, -0.1) is 0 Å². The molecule has 6 heteroatoms. The van der Waals surface area contributed by atoms with E-state index in [-0.39, 0.29) is 11.3 Å². The van der Waals surface area contributed by atoms with E-state index < -0.39 is 17.3 Å². The van der Waals surface area contributed by atoms with E-state index in [0.717, 1.165) is 10.2 Å². The van der Waals surface area contributed by atoms with Gasteiger partial charge in [-0.05, 0) is 37.5 Å². The first kappa shape index (κ1) is 14.4. The molecular weight excluding hydrogens is 285 g/mol. The molecule has 0 atom stereocenters. The van der Waals surface area contributed by atoms with E-state index >= 15 is 0 Å². The van der Waals surface area contributed by atoms with Crippen LogP contribution in [0.15, 0.2) is 23.0 Å². The van der Waals surface area contributed by atoms with Crippen LogP contribution in [0, 0.1) is 19.7 Å². The summed E-state index contributed by atoms with van der Waals surface area (Å²) in [5.41, 5.74) is 1.82. The number of carbonyl (C=O) groups excluding carboxylic acids is 1. The summed E-state index contributed by atoms with van der Waals surface area (Å²) in [6, 6.07) is 4.75. The van der Waals surface area contributed by atoms with Crippen molar-refractivity contribution in [2.24, 2.45) is 7.05 Å². The van der Waals surface area contributed by atoms with Gasteiger partial charge in [0.15, 0.2) is 0 Å². The van der Waals surface area contributed by atoms with Gasteiger partial charge in [0.25, 0.3) is 11.5 Å². The van der Waals surface area contributed by atoms with E-state index in [1.807, 2.05) is 0 Å². The van der Waals surface area contributed by atoms with Crippen LogP contribution in [-0.2, 0) is 13.5 Å². The Bertz CT molecular complexity index is 842. The maximum atomic E-state index is 14.1. The maximum Gasteiger partial charge on any atom is 0.279 e. The molecule has 1 aromatic carbocycles. The fraction of sp³-hybridized carbons (Fsp3) is 0.312. The molecule has 2 aromatic rings. The first-order valence-electron chi connectivity index (χ1n) is 7.05. The van der Waals surface area contributed by atoms with Crippen molar-refractivity contribution in [2.45, 2.75) is 20.3 Å². The first-order valence-corrected chi connectivity index (χ1v) is 7.05. The molecule has 0 fully saturated rings. The predicted octanol–water partition coefficient (Wildman–Crippen LogP) is 1.74. The van der Waals surface area contributed by atoms with Crippen LogP contribution in [0.3, 0.4) is 0 Å². The lowest BCUT2D eigenvalue weighted by atomic mass is 10.1. The van der Waals surface area contributed by atoms with E-state index in [0.29, 0.717) is 24.2 Å². The summed E-state index contributed by atoms with van der Waals surface area (Å²) in [5, 5.41) is 4.06. The van der Waals surface area contributed by atoms with E-state index in [9.17, 15) is 14.0 Å². The summed E-state index contributed by atoms with van der Waals surface area (Å²) in [6.45, 7) is 3.80. The van der Waals surface area contributed by atoms with Crippen molar-refractivity contribution in [1.29, 1.82) is 0 Å². The Balaban J connectivity index is 2.15. The zero-order valence-corrected chi connectivity index (χ0v) is 12.7. The number of aryl methyl sites for hydroxylation is 2. The SMILES string of the molecule is Cc1nn(C)c(=O)c(C(=O)N2CCc3cccc(F)c32)c1C. The number of anilines is 1. The summed E-state index contributed by atoms with van der Waals surface area (Å²) in [5.74, 6) is -0.906. The third-order valence-corrected chi connectivity index (χ3v) is 4.13. The van der Waals surface area contributed by atoms with E-state index in [1.165, 1.54) is 18.0 Å². The number of para-hydroxylation sites is 1. The Labute approximate surface area is 127 Å². The van der Waals surface area contributed by atoms with Crippen LogP contribution in [0.5, 0.6) is 0 Å². The minimum absolute atomic E-state index is 0.0612. The minimum Gasteiger partial charge on any atom is -0.305 e. The van der Waals surface area contributed by atoms with Crippen molar-refractivity contribution in [3.63, 3.8) is 0 Å². The molecule has 0 spiro atoms. The van der Waals surface area contributed by atoms with Gasteiger partial charge in [-0.3, -0.25) is 9.59 Å². The molecule has 5 nitrogen and oxygen atoms in total. The molecule has 0 aliphatic carbocycles. The zero-order chi connectivity index (χ0) is 16.0. The molecule has 1 aliphatic heterocycles. The summed E-state index contributed by atoms with van der Waals surface area (Å²) < 4.78 is 15.2. The third-order valence-electron chi connectivity index (χ3n) is 4.13. The van der Waals surface area contributed by atoms with Crippen LogP contribution in [0.1, 0.15) is 27.2 Å². The molecule has 0 saturated heterocycles. The van der Waals surface area contributed by atoms with Gasteiger partial charge in [0.1, 0.15) is 11.4 Å². The van der Waals surface area contributed by atoms with Crippen molar-refractivity contribution in [1.82, 2.24) is 9.78 Å². The van der Waals surface area contributed by atoms with Gasteiger partial charge in [-0.1, -0.05) is 12.1 Å². The molecule has 2 heterocycles. The molecule has 0 bridgehead atoms. The van der Waals surface area contributed by atoms with Crippen LogP contribution < -0.4 is 10.5 Å². The highest BCUT2D eigenvalue weighted by atomic mass is 19.1. The van der Waals surface area contributed by atoms with Crippen molar-refractivity contribution >= 4 is 11.6 Å². The van der Waals surface area contributed by atoms with Gasteiger partial charge in [-0.25, -0.2) is 9.07 Å². The number of amides is 1. The summed E-state index contributed by atoms with van der Waals surface area (Å²) in [6.07, 6.45) is 0.586. The first-order chi connectivity index (χ1) is 10.4. The topological polar surface area (TPSA) is 55.2 Å². The number of carbonyl (C=O) groups is 1. The summed E-state index contributed by atoms with van der Waals surface area (Å²) in [7, 11) is 1.50. The van der Waals surface area contributed by atoms with Crippen molar-refractivity contribution in [3.8, 4) is 0 Å². The second-order valence-electron chi connectivity index (χ2n) is 5.47. The highest BCUT2D eigenvalue weighted by Crippen LogP contribution is 2.31. The molecule has 1 amide bonds. The van der Waals surface area contributed by atoms with Crippen LogP contribution in [-0.4, -0.2) is 22.2 Å². The smallest absolute Gasteiger partial charge is 0.279 e. The fourth-order valence-electron chi connectivity index (χ4n) is 2.85. The standard InChI is InChI=1S/C16H16FN3O2/c1-9-10(2)18-19(3)15(21)13(9)16(22)20-8-7-11-5-4-6-12(17)14(11)20/h4-6H,7-8H2,1-3H3. The number of aromatic nitrogens is 2. The average Bonchev–Trinajstić information content (AvgIpc) is 2.91. The summed E-state index contributed by atoms with van der Waals surface area (Å²) >= 11 is 0. The quantitative estimate of drug-likeness (QED) is 0.806. The largest absolute Gasteiger partial charge is 0.305 e. The minimum atomic E-state index is -0.465. The molecule has 0 N–H and O–H groups in total. The molecule has 1 aliphatic rings. The number of fused-ring (bicyclic) bond motifs is 1. The lowest BCUT2D eigenvalue weighted by molar-refractivity contribution is 0.0985. The molecule has 0 saturated carbocycles. The Kier molecular flexibility index (Phi) is 3.31. The molecular formula is C16H16FN3O2. The lowest BCUT2D eigenvalue weighted by Crippen LogP contribution is -2.37. The normalized spacial score (nSPS) is 13.4. The van der Waals surface area contributed by atoms with Crippen molar-refractivity contribution < 1.29 is 9.18 Å². The number of nitrogens with zero attached hydrogens (tertiary/aromatic N) is 3. The van der Waals surface area contributed by atoms with Crippen LogP contribution >= 0.6 is 0 Å². The van der Waals surface area contributed by atoms with E-state index in [2.05, 4.69) is 5.10 Å². The van der Waals surface area contributed by atoms with Gasteiger partial charge >= 0.3 is 0 Å². The second-order valence-corrected chi connectivity index (χ2v) is 5.47. The van der Waals surface area contributed by atoms with E-state index in [1.54, 1.807) is 26.0 Å². The van der Waals surface area contributed by atoms with Crippen LogP contribution in [0.4, 0.5) is 10.1 Å². The highest BCUT2D eigenvalue weighted by Gasteiger charge is 2.31. The zero-order valence-electron chi connectivity index (χ0n) is 12.7. The van der Waals surface area contributed by atoms with Gasteiger partial charge < -0.3 is 4.90 Å². The van der Waals surface area contributed by atoms with Gasteiger partial charge in [0.05, 0.1) is 11.4 Å². The Hall–Kier alpha value is -2.50. The van der Waals surface area contributed by atoms with E-state index in [4.69, 9.17) is 0 Å². The Morgan fingerprint density at radius 3 is 2.77 bits per heavy atom. The van der Waals surface area contributed by atoms with Crippen molar-refractivity contribution in [3.05, 3.63) is 56.8 Å². The average molecular weight is 301 g/mol. The van der Waals surface area contributed by atoms with Gasteiger partial charge in [-0.2, -0.15) is 5.10 Å².